The molecule has 0 aromatic heterocycles. The lowest BCUT2D eigenvalue weighted by atomic mass is 9.97. The third kappa shape index (κ3) is 8.28. The predicted molar refractivity (Wildman–Crippen MR) is 160 cm³/mol. The van der Waals surface area contributed by atoms with Crippen molar-refractivity contribution in [1.82, 2.24) is 10.8 Å². The number of carbonyl (C=O) groups excluding carboxylic acids is 2. The first kappa shape index (κ1) is 28.6. The number of amides is 2. The van der Waals surface area contributed by atoms with Gasteiger partial charge in [0.1, 0.15) is 12.4 Å². The zero-order chi connectivity index (χ0) is 28.3. The van der Waals surface area contributed by atoms with Crippen molar-refractivity contribution in [1.29, 1.82) is 0 Å². The number of nitrogens with one attached hydrogen (secondary N) is 2. The normalized spacial score (nSPS) is 17.5. The first-order chi connectivity index (χ1) is 20.2. The molecule has 5 rings (SSSR count). The van der Waals surface area contributed by atoms with E-state index in [1.807, 2.05) is 60.7 Å². The zero-order valence-corrected chi connectivity index (χ0v) is 23.4. The summed E-state index contributed by atoms with van der Waals surface area (Å²) in [6.45, 7) is 1.33. The van der Waals surface area contributed by atoms with Gasteiger partial charge in [-0.25, -0.2) is 10.3 Å². The highest BCUT2D eigenvalue weighted by molar-refractivity contribution is 5.99. The maximum absolute atomic E-state index is 13.3. The summed E-state index contributed by atoms with van der Waals surface area (Å²) in [5.41, 5.74) is 5.65. The van der Waals surface area contributed by atoms with Crippen molar-refractivity contribution in [3.05, 3.63) is 95.1 Å². The lowest BCUT2D eigenvalue weighted by molar-refractivity contribution is -0.186. The van der Waals surface area contributed by atoms with Crippen molar-refractivity contribution in [3.8, 4) is 5.75 Å². The van der Waals surface area contributed by atoms with E-state index in [4.69, 9.17) is 14.3 Å². The highest BCUT2D eigenvalue weighted by atomic mass is 16.8. The van der Waals surface area contributed by atoms with E-state index in [2.05, 4.69) is 16.9 Å². The summed E-state index contributed by atoms with van der Waals surface area (Å²) < 4.78 is 11.7. The second-order valence-electron chi connectivity index (χ2n) is 10.5. The number of fused-ring (bicyclic) bond motifs is 1. The molecule has 0 spiro atoms. The minimum absolute atomic E-state index is 0.111. The molecule has 214 valence electrons. The van der Waals surface area contributed by atoms with Crippen molar-refractivity contribution in [2.75, 3.05) is 19.8 Å². The molecule has 1 aliphatic carbocycles. The number of hydroxylamine groups is 1. The third-order valence-corrected chi connectivity index (χ3v) is 7.48. The molecule has 2 aliphatic rings. The Kier molecular flexibility index (Phi) is 10.2. The lowest BCUT2D eigenvalue weighted by Gasteiger charge is -2.22. The highest BCUT2D eigenvalue weighted by Crippen LogP contribution is 2.26. The molecule has 1 heterocycles. The maximum atomic E-state index is 13.3. The number of ether oxygens (including phenoxy) is 2. The van der Waals surface area contributed by atoms with Crippen LogP contribution in [-0.4, -0.2) is 37.9 Å². The average Bonchev–Trinajstić information content (AvgIpc) is 3.03. The summed E-state index contributed by atoms with van der Waals surface area (Å²) in [5.74, 6) is 0.219. The minimum atomic E-state index is -0.410. The predicted octanol–water partition coefficient (Wildman–Crippen LogP) is 6.50. The zero-order valence-electron chi connectivity index (χ0n) is 23.4. The third-order valence-electron chi connectivity index (χ3n) is 7.48. The van der Waals surface area contributed by atoms with Crippen LogP contribution >= 0.6 is 0 Å². The molecule has 1 unspecified atom stereocenters. The number of rotatable bonds is 11. The lowest BCUT2D eigenvalue weighted by Crippen LogP contribution is -2.33. The Bertz CT molecular complexity index is 1380. The summed E-state index contributed by atoms with van der Waals surface area (Å²) in [6, 6.07) is 21.0. The van der Waals surface area contributed by atoms with Gasteiger partial charge in [0.2, 0.25) is 0 Å². The Morgan fingerprint density at radius 3 is 2.61 bits per heavy atom. The van der Waals surface area contributed by atoms with Crippen LogP contribution in [0.15, 0.2) is 84.0 Å². The van der Waals surface area contributed by atoms with E-state index in [0.29, 0.717) is 24.3 Å². The summed E-state index contributed by atoms with van der Waals surface area (Å²) in [7, 11) is 0. The van der Waals surface area contributed by atoms with Gasteiger partial charge < -0.3 is 14.8 Å². The van der Waals surface area contributed by atoms with E-state index in [9.17, 15) is 9.59 Å². The molecule has 0 radical (unpaired) electrons. The topological polar surface area (TPSA) is 85.9 Å². The molecule has 2 N–H and O–H groups in total. The second-order valence-corrected chi connectivity index (χ2v) is 10.5. The molecule has 1 aliphatic heterocycles. The molecule has 1 saturated heterocycles. The van der Waals surface area contributed by atoms with Gasteiger partial charge in [-0.05, 0) is 80.2 Å². The highest BCUT2D eigenvalue weighted by Gasteiger charge is 2.17. The van der Waals surface area contributed by atoms with Gasteiger partial charge >= 0.3 is 0 Å². The van der Waals surface area contributed by atoms with Crippen molar-refractivity contribution >= 4 is 28.7 Å². The van der Waals surface area contributed by atoms with E-state index in [0.717, 1.165) is 60.6 Å². The van der Waals surface area contributed by atoms with Gasteiger partial charge in [-0.3, -0.25) is 9.59 Å². The average molecular weight is 555 g/mol. The summed E-state index contributed by atoms with van der Waals surface area (Å²) in [5, 5.41) is 5.15. The first-order valence-corrected chi connectivity index (χ1v) is 14.6. The Hall–Kier alpha value is -3.94. The number of carbonyl (C=O) groups is 2. The molecule has 3 aromatic carbocycles. The van der Waals surface area contributed by atoms with E-state index in [1.165, 1.54) is 18.4 Å². The van der Waals surface area contributed by atoms with Crippen molar-refractivity contribution in [2.24, 2.45) is 0 Å². The minimum Gasteiger partial charge on any atom is -0.488 e. The van der Waals surface area contributed by atoms with Gasteiger partial charge in [-0.2, -0.15) is 0 Å². The van der Waals surface area contributed by atoms with Crippen molar-refractivity contribution < 1.29 is 23.9 Å². The van der Waals surface area contributed by atoms with Crippen LogP contribution in [0.2, 0.25) is 0 Å². The van der Waals surface area contributed by atoms with E-state index < -0.39 is 6.29 Å². The molecule has 0 saturated carbocycles. The largest absolute Gasteiger partial charge is 0.488 e. The summed E-state index contributed by atoms with van der Waals surface area (Å²) in [6.07, 6.45) is 12.1. The summed E-state index contributed by atoms with van der Waals surface area (Å²) in [4.78, 5) is 31.3. The van der Waals surface area contributed by atoms with Crippen molar-refractivity contribution in [2.45, 2.75) is 57.7 Å². The molecule has 1 fully saturated rings. The van der Waals surface area contributed by atoms with Crippen LogP contribution in [0.5, 0.6) is 5.75 Å². The molecule has 1 atom stereocenters. The summed E-state index contributed by atoms with van der Waals surface area (Å²) >= 11 is 0. The first-order valence-electron chi connectivity index (χ1n) is 14.6. The van der Waals surface area contributed by atoms with Crippen LogP contribution in [0, 0.1) is 0 Å². The van der Waals surface area contributed by atoms with Gasteiger partial charge in [0.25, 0.3) is 11.8 Å². The van der Waals surface area contributed by atoms with Gasteiger partial charge in [-0.1, -0.05) is 60.2 Å². The number of hydrogen-bond acceptors (Lipinski definition) is 5. The van der Waals surface area contributed by atoms with Crippen LogP contribution in [0.4, 0.5) is 0 Å². The van der Waals surface area contributed by atoms with Crippen LogP contribution in [0.3, 0.4) is 0 Å². The Morgan fingerprint density at radius 1 is 0.951 bits per heavy atom. The van der Waals surface area contributed by atoms with Gasteiger partial charge in [0.15, 0.2) is 6.29 Å². The van der Waals surface area contributed by atoms with E-state index >= 15 is 0 Å². The van der Waals surface area contributed by atoms with Crippen LogP contribution < -0.4 is 15.5 Å². The second kappa shape index (κ2) is 14.6. The SMILES string of the molecule is O=C(NCCC1=CCCCC1)/C(=C/c1ccc(C(=O)NOC2CCCCO2)cc1)COc1cccc2ccccc12. The number of benzene rings is 3. The molecule has 41 heavy (non-hydrogen) atoms. The smallest absolute Gasteiger partial charge is 0.274 e. The molecule has 7 heteroatoms. The fraction of sp³-hybridized carbons (Fsp3) is 0.353. The molecule has 3 aromatic rings. The fourth-order valence-corrected chi connectivity index (χ4v) is 5.15. The van der Waals surface area contributed by atoms with Crippen LogP contribution in [0.1, 0.15) is 67.3 Å². The van der Waals surface area contributed by atoms with E-state index in [1.54, 1.807) is 12.1 Å². The molecule has 2 amide bonds. The standard InChI is InChI=1S/C34H38N2O5/c37-33(35-21-20-25-9-2-1-3-10-25)29(24-40-31-14-8-12-27-11-4-5-13-30(27)31)23-26-16-18-28(19-17-26)34(38)36-41-32-15-6-7-22-39-32/h4-5,8-9,11-14,16-19,23,32H,1-3,6-7,10,15,20-22,24H2,(H,35,37)(H,36,38)/b29-23+. The fourth-order valence-electron chi connectivity index (χ4n) is 5.15. The number of allylic oxidation sites excluding steroid dienone is 1. The monoisotopic (exact) mass is 554 g/mol. The van der Waals surface area contributed by atoms with Crippen LogP contribution in [-0.2, 0) is 14.4 Å². The Labute approximate surface area is 241 Å². The van der Waals surface area contributed by atoms with E-state index in [-0.39, 0.29) is 18.4 Å². The van der Waals surface area contributed by atoms with Gasteiger partial charge in [0.05, 0.1) is 5.57 Å². The molecule has 7 nitrogen and oxygen atoms in total. The van der Waals surface area contributed by atoms with Gasteiger partial charge in [0, 0.05) is 30.5 Å². The number of hydrogen-bond donors (Lipinski definition) is 2. The molecular formula is C34H38N2O5. The maximum Gasteiger partial charge on any atom is 0.274 e. The molecule has 0 bridgehead atoms. The Morgan fingerprint density at radius 2 is 1.80 bits per heavy atom. The van der Waals surface area contributed by atoms with Crippen molar-refractivity contribution in [3.63, 3.8) is 0 Å². The Balaban J connectivity index is 1.26. The molecular weight excluding hydrogens is 516 g/mol. The quantitative estimate of drug-likeness (QED) is 0.161. The van der Waals surface area contributed by atoms with Gasteiger partial charge in [-0.15, -0.1) is 0 Å². The van der Waals surface area contributed by atoms with Crippen LogP contribution in [0.25, 0.3) is 16.8 Å².